The monoisotopic (exact) mass is 341 g/mol. The van der Waals surface area contributed by atoms with Crippen LogP contribution in [0.1, 0.15) is 52.2 Å². The molecule has 1 amide bonds. The number of benzene rings is 1. The molecule has 0 bridgehead atoms. The molecule has 0 aliphatic heterocycles. The highest BCUT2D eigenvalue weighted by Crippen LogP contribution is 2.26. The molecule has 134 valence electrons. The number of aryl methyl sites for hydroxylation is 1. The van der Waals surface area contributed by atoms with E-state index < -0.39 is 0 Å². The van der Waals surface area contributed by atoms with Crippen LogP contribution in [0.25, 0.3) is 17.0 Å². The van der Waals surface area contributed by atoms with Crippen LogP contribution in [0, 0.1) is 12.3 Å². The third-order valence-electron chi connectivity index (χ3n) is 3.80. The number of carbonyl (C=O) groups is 1. The summed E-state index contributed by atoms with van der Waals surface area (Å²) in [6.45, 7) is 12.3. The molecule has 2 aromatic rings. The molecule has 2 rings (SSSR count). The van der Waals surface area contributed by atoms with Gasteiger partial charge in [-0.15, -0.1) is 0 Å². The zero-order valence-corrected chi connectivity index (χ0v) is 15.9. The minimum atomic E-state index is -0.329. The van der Waals surface area contributed by atoms with Crippen LogP contribution in [-0.2, 0) is 4.79 Å². The van der Waals surface area contributed by atoms with Gasteiger partial charge in [0.1, 0.15) is 11.8 Å². The first-order valence-corrected chi connectivity index (χ1v) is 8.49. The molecular weight excluding hydrogens is 314 g/mol. The molecule has 0 atom stereocenters. The highest BCUT2D eigenvalue weighted by molar-refractivity contribution is 5.92. The lowest BCUT2D eigenvalue weighted by molar-refractivity contribution is -0.118. The number of hydrogen-bond acceptors (Lipinski definition) is 3. The van der Waals surface area contributed by atoms with Gasteiger partial charge in [-0.1, -0.05) is 32.4 Å². The highest BCUT2D eigenvalue weighted by Gasteiger charge is 2.26. The molecule has 0 radical (unpaired) electrons. The quantitative estimate of drug-likeness (QED) is 0.836. The van der Waals surface area contributed by atoms with Crippen molar-refractivity contribution in [1.82, 2.24) is 5.32 Å². The predicted molar refractivity (Wildman–Crippen MR) is 103 cm³/mol. The number of hydrogen-bond donors (Lipinski definition) is 1. The van der Waals surface area contributed by atoms with Gasteiger partial charge in [-0.3, -0.25) is 9.59 Å². The van der Waals surface area contributed by atoms with E-state index in [-0.39, 0.29) is 22.3 Å². The second-order valence-electron chi connectivity index (χ2n) is 8.46. The molecule has 0 unspecified atom stereocenters. The van der Waals surface area contributed by atoms with Crippen LogP contribution in [-0.4, -0.2) is 11.4 Å². The summed E-state index contributed by atoms with van der Waals surface area (Å²) in [4.78, 5) is 24.7. The topological polar surface area (TPSA) is 59.3 Å². The molecule has 1 aromatic carbocycles. The van der Waals surface area contributed by atoms with Crippen molar-refractivity contribution in [3.8, 4) is 0 Å². The van der Waals surface area contributed by atoms with Crippen molar-refractivity contribution in [1.29, 1.82) is 0 Å². The van der Waals surface area contributed by atoms with Crippen LogP contribution in [0.2, 0.25) is 0 Å². The van der Waals surface area contributed by atoms with E-state index in [4.69, 9.17) is 4.42 Å². The highest BCUT2D eigenvalue weighted by atomic mass is 16.3. The number of fused-ring (bicyclic) bond motifs is 1. The third-order valence-corrected chi connectivity index (χ3v) is 3.80. The Labute approximate surface area is 148 Å². The maximum absolute atomic E-state index is 12.5. The first kappa shape index (κ1) is 19.0. The van der Waals surface area contributed by atoms with Gasteiger partial charge in [0, 0.05) is 11.6 Å². The van der Waals surface area contributed by atoms with Gasteiger partial charge in [0.2, 0.25) is 5.91 Å². The zero-order chi connectivity index (χ0) is 18.8. The van der Waals surface area contributed by atoms with Crippen LogP contribution in [0.4, 0.5) is 0 Å². The predicted octanol–water partition coefficient (Wildman–Crippen LogP) is 4.45. The van der Waals surface area contributed by atoms with Gasteiger partial charge < -0.3 is 9.73 Å². The number of carbonyl (C=O) groups excluding carboxylic acids is 1. The summed E-state index contributed by atoms with van der Waals surface area (Å²) in [6, 6.07) is 5.47. The van der Waals surface area contributed by atoms with Crippen LogP contribution in [0.15, 0.2) is 39.7 Å². The van der Waals surface area contributed by atoms with Crippen molar-refractivity contribution in [2.75, 3.05) is 0 Å². The lowest BCUT2D eigenvalue weighted by atomic mass is 9.82. The number of nitrogens with one attached hydrogen (secondary N) is 1. The molecule has 0 fully saturated rings. The minimum Gasteiger partial charge on any atom is -0.463 e. The lowest BCUT2D eigenvalue weighted by Gasteiger charge is -2.32. The van der Waals surface area contributed by atoms with Gasteiger partial charge in [0.15, 0.2) is 5.43 Å². The summed E-state index contributed by atoms with van der Waals surface area (Å²) >= 11 is 0. The Morgan fingerprint density at radius 1 is 1.20 bits per heavy atom. The van der Waals surface area contributed by atoms with Crippen molar-refractivity contribution in [2.24, 2.45) is 5.41 Å². The molecule has 1 heterocycles. The van der Waals surface area contributed by atoms with Gasteiger partial charge in [-0.25, -0.2) is 0 Å². The SMILES string of the molecule is Cc1ccc2occ(/C=C/C(=O)NC(C)(C)CC(C)(C)C)c(=O)c2c1. The first-order valence-electron chi connectivity index (χ1n) is 8.49. The van der Waals surface area contributed by atoms with Gasteiger partial charge in [-0.05, 0) is 50.8 Å². The smallest absolute Gasteiger partial charge is 0.244 e. The molecule has 4 heteroatoms. The Kier molecular flexibility index (Phi) is 5.21. The van der Waals surface area contributed by atoms with E-state index in [1.165, 1.54) is 18.4 Å². The maximum atomic E-state index is 12.5. The van der Waals surface area contributed by atoms with Crippen molar-refractivity contribution >= 4 is 23.0 Å². The Morgan fingerprint density at radius 3 is 2.52 bits per heavy atom. The number of amides is 1. The van der Waals surface area contributed by atoms with E-state index in [1.54, 1.807) is 12.1 Å². The Bertz CT molecular complexity index is 867. The van der Waals surface area contributed by atoms with Crippen LogP contribution in [0.5, 0.6) is 0 Å². The summed E-state index contributed by atoms with van der Waals surface area (Å²) < 4.78 is 5.49. The molecule has 0 aliphatic carbocycles. The maximum Gasteiger partial charge on any atom is 0.244 e. The average Bonchev–Trinajstić information content (AvgIpc) is 2.44. The van der Waals surface area contributed by atoms with E-state index in [0.29, 0.717) is 16.5 Å². The molecule has 0 aliphatic rings. The molecule has 4 nitrogen and oxygen atoms in total. The fraction of sp³-hybridized carbons (Fsp3) is 0.429. The van der Waals surface area contributed by atoms with Gasteiger partial charge in [0.05, 0.1) is 10.9 Å². The van der Waals surface area contributed by atoms with Gasteiger partial charge in [-0.2, -0.15) is 0 Å². The minimum absolute atomic E-state index is 0.109. The Balaban J connectivity index is 2.19. The van der Waals surface area contributed by atoms with E-state index in [9.17, 15) is 9.59 Å². The van der Waals surface area contributed by atoms with Crippen molar-refractivity contribution in [3.63, 3.8) is 0 Å². The molecular formula is C21H27NO3. The van der Waals surface area contributed by atoms with E-state index in [2.05, 4.69) is 26.1 Å². The lowest BCUT2D eigenvalue weighted by Crippen LogP contribution is -2.45. The molecule has 1 aromatic heterocycles. The van der Waals surface area contributed by atoms with Crippen LogP contribution >= 0.6 is 0 Å². The van der Waals surface area contributed by atoms with Crippen LogP contribution < -0.4 is 10.7 Å². The van der Waals surface area contributed by atoms with Crippen molar-refractivity contribution in [3.05, 3.63) is 51.9 Å². The summed E-state index contributed by atoms with van der Waals surface area (Å²) in [5.41, 5.74) is 1.54. The van der Waals surface area contributed by atoms with E-state index in [1.807, 2.05) is 26.8 Å². The second kappa shape index (κ2) is 6.87. The summed E-state index contributed by atoms with van der Waals surface area (Å²) in [7, 11) is 0. The molecule has 0 saturated heterocycles. The summed E-state index contributed by atoms with van der Waals surface area (Å²) in [5.74, 6) is -0.224. The Hall–Kier alpha value is -2.36. The standard InChI is InChI=1S/C21H27NO3/c1-14-7-9-17-16(11-14)19(24)15(12-25-17)8-10-18(23)22-21(5,6)13-20(2,3)4/h7-12H,13H2,1-6H3,(H,22,23)/b10-8+. The summed E-state index contributed by atoms with van der Waals surface area (Å²) in [6.07, 6.45) is 5.13. The first-order chi connectivity index (χ1) is 11.5. The fourth-order valence-electron chi connectivity index (χ4n) is 3.29. The molecule has 0 saturated carbocycles. The largest absolute Gasteiger partial charge is 0.463 e. The second-order valence-corrected chi connectivity index (χ2v) is 8.46. The van der Waals surface area contributed by atoms with E-state index in [0.717, 1.165) is 12.0 Å². The van der Waals surface area contributed by atoms with Crippen LogP contribution in [0.3, 0.4) is 0 Å². The molecule has 1 N–H and O–H groups in total. The average molecular weight is 341 g/mol. The fourth-order valence-corrected chi connectivity index (χ4v) is 3.29. The Morgan fingerprint density at radius 2 is 1.88 bits per heavy atom. The van der Waals surface area contributed by atoms with E-state index >= 15 is 0 Å². The molecule has 25 heavy (non-hydrogen) atoms. The summed E-state index contributed by atoms with van der Waals surface area (Å²) in [5, 5.41) is 3.51. The van der Waals surface area contributed by atoms with Crippen molar-refractivity contribution < 1.29 is 9.21 Å². The third kappa shape index (κ3) is 5.31. The normalized spacial score (nSPS) is 12.7. The van der Waals surface area contributed by atoms with Gasteiger partial charge in [0.25, 0.3) is 0 Å². The van der Waals surface area contributed by atoms with Gasteiger partial charge >= 0.3 is 0 Å². The number of rotatable bonds is 4. The molecule has 0 spiro atoms. The van der Waals surface area contributed by atoms with Crippen molar-refractivity contribution in [2.45, 2.75) is 53.5 Å². The zero-order valence-electron chi connectivity index (χ0n) is 15.9.